The van der Waals surface area contributed by atoms with E-state index in [4.69, 9.17) is 9.47 Å². The number of aromatic nitrogens is 1. The molecule has 7 nitrogen and oxygen atoms in total. The Kier molecular flexibility index (Phi) is 3.61. The molecular weight excluding hydrogens is 332 g/mol. The molecule has 1 fully saturated rings. The number of rotatable bonds is 3. The lowest BCUT2D eigenvalue weighted by molar-refractivity contribution is -0.141. The molecule has 124 valence electrons. The topological polar surface area (TPSA) is 89.0 Å². The van der Waals surface area contributed by atoms with Gasteiger partial charge >= 0.3 is 5.97 Å². The number of fused-ring (bicyclic) bond motifs is 1. The van der Waals surface area contributed by atoms with Crippen LogP contribution in [0.2, 0.25) is 0 Å². The van der Waals surface area contributed by atoms with Crippen molar-refractivity contribution in [3.05, 3.63) is 29.3 Å². The summed E-state index contributed by atoms with van der Waals surface area (Å²) in [6, 6.07) is 4.73. The molecule has 0 spiro atoms. The Bertz CT molecular complexity index is 819. The third-order valence-electron chi connectivity index (χ3n) is 4.14. The molecule has 0 radical (unpaired) electrons. The number of likely N-dealkylation sites (tertiary alicyclic amines) is 1. The lowest BCUT2D eigenvalue weighted by atomic mass is 10.2. The van der Waals surface area contributed by atoms with Crippen LogP contribution >= 0.6 is 11.3 Å². The number of carbonyl (C=O) groups is 2. The van der Waals surface area contributed by atoms with Gasteiger partial charge in [0.05, 0.1) is 0 Å². The molecule has 1 saturated heterocycles. The summed E-state index contributed by atoms with van der Waals surface area (Å²) in [5.41, 5.74) is 1.11. The minimum atomic E-state index is -0.966. The van der Waals surface area contributed by atoms with Crippen molar-refractivity contribution in [3.63, 3.8) is 0 Å². The number of ether oxygens (including phenoxy) is 2. The van der Waals surface area contributed by atoms with E-state index in [1.54, 1.807) is 5.38 Å². The zero-order valence-electron chi connectivity index (χ0n) is 12.6. The van der Waals surface area contributed by atoms with Crippen LogP contribution in [0.25, 0.3) is 10.6 Å². The number of hydrogen-bond donors (Lipinski definition) is 1. The highest BCUT2D eigenvalue weighted by molar-refractivity contribution is 7.13. The Labute approximate surface area is 141 Å². The highest BCUT2D eigenvalue weighted by Crippen LogP contribution is 2.36. The predicted octanol–water partition coefficient (Wildman–Crippen LogP) is 2.23. The van der Waals surface area contributed by atoms with Crippen molar-refractivity contribution in [2.24, 2.45) is 0 Å². The van der Waals surface area contributed by atoms with E-state index < -0.39 is 12.0 Å². The Morgan fingerprint density at radius 3 is 2.96 bits per heavy atom. The number of amides is 1. The molecule has 0 unspecified atom stereocenters. The van der Waals surface area contributed by atoms with Crippen LogP contribution in [0.1, 0.15) is 23.3 Å². The quantitative estimate of drug-likeness (QED) is 0.917. The third kappa shape index (κ3) is 2.48. The first-order chi connectivity index (χ1) is 11.6. The second kappa shape index (κ2) is 5.79. The molecule has 24 heavy (non-hydrogen) atoms. The van der Waals surface area contributed by atoms with Crippen LogP contribution in [-0.2, 0) is 4.79 Å². The summed E-state index contributed by atoms with van der Waals surface area (Å²) in [6.07, 6.45) is 1.18. The zero-order valence-corrected chi connectivity index (χ0v) is 13.4. The second-order valence-electron chi connectivity index (χ2n) is 5.60. The average Bonchev–Trinajstić information content (AvgIpc) is 3.31. The van der Waals surface area contributed by atoms with Gasteiger partial charge in [-0.05, 0) is 31.0 Å². The van der Waals surface area contributed by atoms with Crippen molar-refractivity contribution in [3.8, 4) is 22.1 Å². The summed E-state index contributed by atoms with van der Waals surface area (Å²) in [5.74, 6) is 0.0456. The zero-order chi connectivity index (χ0) is 16.7. The lowest BCUT2D eigenvalue weighted by Crippen LogP contribution is -2.40. The number of hydrogen-bond acceptors (Lipinski definition) is 6. The number of carbonyl (C=O) groups excluding carboxylic acids is 1. The van der Waals surface area contributed by atoms with Crippen LogP contribution in [0.3, 0.4) is 0 Å². The molecule has 4 rings (SSSR count). The second-order valence-corrected chi connectivity index (χ2v) is 6.46. The maximum Gasteiger partial charge on any atom is 0.326 e. The number of nitrogens with zero attached hydrogens (tertiary/aromatic N) is 2. The van der Waals surface area contributed by atoms with E-state index in [0.717, 1.165) is 5.56 Å². The smallest absolute Gasteiger partial charge is 0.326 e. The van der Waals surface area contributed by atoms with Crippen LogP contribution in [0, 0.1) is 0 Å². The van der Waals surface area contributed by atoms with Crippen molar-refractivity contribution in [1.29, 1.82) is 0 Å². The van der Waals surface area contributed by atoms with Gasteiger partial charge in [-0.3, -0.25) is 4.79 Å². The van der Waals surface area contributed by atoms with Gasteiger partial charge in [-0.15, -0.1) is 11.3 Å². The molecule has 2 aliphatic heterocycles. The maximum absolute atomic E-state index is 12.6. The molecule has 1 atom stereocenters. The summed E-state index contributed by atoms with van der Waals surface area (Å²) in [6.45, 7) is 0.651. The van der Waals surface area contributed by atoms with Gasteiger partial charge in [0.25, 0.3) is 5.91 Å². The van der Waals surface area contributed by atoms with Gasteiger partial charge in [-0.1, -0.05) is 0 Å². The summed E-state index contributed by atoms with van der Waals surface area (Å²) in [5, 5.41) is 11.6. The Morgan fingerprint density at radius 1 is 1.29 bits per heavy atom. The molecule has 1 aromatic heterocycles. The lowest BCUT2D eigenvalue weighted by Gasteiger charge is -2.20. The summed E-state index contributed by atoms with van der Waals surface area (Å²) < 4.78 is 10.6. The normalized spacial score (nSPS) is 18.8. The van der Waals surface area contributed by atoms with Gasteiger partial charge in [0.15, 0.2) is 11.5 Å². The number of aliphatic carboxylic acids is 1. The fourth-order valence-corrected chi connectivity index (χ4v) is 3.74. The molecular formula is C16H14N2O5S. The van der Waals surface area contributed by atoms with Crippen LogP contribution < -0.4 is 9.47 Å². The monoisotopic (exact) mass is 346 g/mol. The average molecular weight is 346 g/mol. The molecule has 1 amide bonds. The fourth-order valence-electron chi connectivity index (χ4n) is 2.95. The van der Waals surface area contributed by atoms with Gasteiger partial charge in [0.2, 0.25) is 6.79 Å². The van der Waals surface area contributed by atoms with Crippen molar-refractivity contribution in [2.75, 3.05) is 13.3 Å². The molecule has 2 aromatic rings. The number of carboxylic acid groups (broad SMARTS) is 1. The molecule has 3 heterocycles. The van der Waals surface area contributed by atoms with E-state index in [-0.39, 0.29) is 18.4 Å². The summed E-state index contributed by atoms with van der Waals surface area (Å²) in [4.78, 5) is 29.6. The molecule has 0 bridgehead atoms. The van der Waals surface area contributed by atoms with E-state index in [9.17, 15) is 14.7 Å². The first kappa shape index (κ1) is 14.9. The van der Waals surface area contributed by atoms with Gasteiger partial charge < -0.3 is 19.5 Å². The van der Waals surface area contributed by atoms with Crippen LogP contribution in [0.15, 0.2) is 23.6 Å². The van der Waals surface area contributed by atoms with E-state index in [1.165, 1.54) is 16.2 Å². The third-order valence-corrected chi connectivity index (χ3v) is 5.03. The van der Waals surface area contributed by atoms with Gasteiger partial charge in [-0.2, -0.15) is 0 Å². The van der Waals surface area contributed by atoms with Gasteiger partial charge in [0, 0.05) is 17.5 Å². The summed E-state index contributed by atoms with van der Waals surface area (Å²) >= 11 is 1.34. The van der Waals surface area contributed by atoms with E-state index in [2.05, 4.69) is 4.98 Å². The van der Waals surface area contributed by atoms with Crippen molar-refractivity contribution < 1.29 is 24.2 Å². The van der Waals surface area contributed by atoms with E-state index in [0.29, 0.717) is 35.9 Å². The largest absolute Gasteiger partial charge is 0.480 e. The Morgan fingerprint density at radius 2 is 2.12 bits per heavy atom. The van der Waals surface area contributed by atoms with Crippen LogP contribution in [-0.4, -0.2) is 46.2 Å². The Balaban J connectivity index is 1.58. The van der Waals surface area contributed by atoms with E-state index >= 15 is 0 Å². The molecule has 1 aromatic carbocycles. The number of benzene rings is 1. The van der Waals surface area contributed by atoms with Gasteiger partial charge in [-0.25, -0.2) is 9.78 Å². The Hall–Kier alpha value is -2.61. The molecule has 8 heteroatoms. The van der Waals surface area contributed by atoms with Crippen LogP contribution in [0.5, 0.6) is 11.5 Å². The SMILES string of the molecule is O=C(O)[C@@H]1CCCN1C(=O)c1csc(-c2ccc3c(c2)OCO3)n1. The molecule has 0 aliphatic carbocycles. The standard InChI is InChI=1S/C16H14N2O5S/c19-15(18-5-1-2-11(18)16(20)21)10-7-24-14(17-10)9-3-4-12-13(6-9)23-8-22-12/h3-4,6-7,11H,1-2,5,8H2,(H,20,21)/t11-/m0/s1. The highest BCUT2D eigenvalue weighted by Gasteiger charge is 2.35. The number of carboxylic acids is 1. The van der Waals surface area contributed by atoms with Crippen LogP contribution in [0.4, 0.5) is 0 Å². The molecule has 0 saturated carbocycles. The van der Waals surface area contributed by atoms with Crippen molar-refractivity contribution in [1.82, 2.24) is 9.88 Å². The number of thiazole rings is 1. The molecule has 2 aliphatic rings. The maximum atomic E-state index is 12.6. The predicted molar refractivity (Wildman–Crippen MR) is 85.4 cm³/mol. The first-order valence-electron chi connectivity index (χ1n) is 7.53. The molecule has 1 N–H and O–H groups in total. The van der Waals surface area contributed by atoms with Crippen molar-refractivity contribution in [2.45, 2.75) is 18.9 Å². The minimum Gasteiger partial charge on any atom is -0.480 e. The first-order valence-corrected chi connectivity index (χ1v) is 8.41. The van der Waals surface area contributed by atoms with E-state index in [1.807, 2.05) is 18.2 Å². The summed E-state index contributed by atoms with van der Waals surface area (Å²) in [7, 11) is 0. The minimum absolute atomic E-state index is 0.200. The highest BCUT2D eigenvalue weighted by atomic mass is 32.1. The fraction of sp³-hybridized carbons (Fsp3) is 0.312. The van der Waals surface area contributed by atoms with Crippen molar-refractivity contribution >= 4 is 23.2 Å². The van der Waals surface area contributed by atoms with Gasteiger partial charge in [0.1, 0.15) is 16.7 Å².